The fourth-order valence-electron chi connectivity index (χ4n) is 6.13. The molecule has 0 spiro atoms. The molecule has 0 saturated heterocycles. The molecule has 0 heterocycles. The molecule has 0 aliphatic carbocycles. The number of unbranched alkanes of at least 4 members (excludes halogenated alkanes) is 26. The minimum absolute atomic E-state index is 0.0785. The summed E-state index contributed by atoms with van der Waals surface area (Å²) in [5.74, 6) is -0.0785. The van der Waals surface area contributed by atoms with Crippen LogP contribution in [0.5, 0.6) is 0 Å². The molecule has 3 N–H and O–H groups in total. The number of hydrogen-bond acceptors (Lipinski definition) is 3. The summed E-state index contributed by atoms with van der Waals surface area (Å²) in [7, 11) is 0. The SMILES string of the molecule is CCCCCCC/C=C/CC/C=C/C(O)C(CO)NC(=O)CCCCCCCCCC/C=C\CCCCCCCCCCCCCC. The number of carbonyl (C=O) groups is 1. The van der Waals surface area contributed by atoms with E-state index in [0.29, 0.717) is 6.42 Å². The Bertz CT molecular complexity index is 716. The molecule has 276 valence electrons. The van der Waals surface area contributed by atoms with Crippen LogP contribution in [0.2, 0.25) is 0 Å². The van der Waals surface area contributed by atoms with Crippen LogP contribution in [0.4, 0.5) is 0 Å². The Morgan fingerprint density at radius 1 is 0.489 bits per heavy atom. The first kappa shape index (κ1) is 45.6. The molecule has 0 saturated carbocycles. The second-order valence-electron chi connectivity index (χ2n) is 14.0. The highest BCUT2D eigenvalue weighted by atomic mass is 16.3. The van der Waals surface area contributed by atoms with Gasteiger partial charge in [-0.05, 0) is 57.8 Å². The predicted octanol–water partition coefficient (Wildman–Crippen LogP) is 12.6. The second-order valence-corrected chi connectivity index (χ2v) is 14.0. The molecule has 0 aliphatic heterocycles. The molecule has 0 bridgehead atoms. The van der Waals surface area contributed by atoms with Crippen LogP contribution in [-0.2, 0) is 4.79 Å². The number of aliphatic hydroxyl groups is 2. The van der Waals surface area contributed by atoms with E-state index in [-0.39, 0.29) is 12.5 Å². The average Bonchev–Trinajstić information content (AvgIpc) is 3.07. The van der Waals surface area contributed by atoms with Crippen LogP contribution in [0.3, 0.4) is 0 Å². The molecule has 4 nitrogen and oxygen atoms in total. The normalized spacial score (nSPS) is 13.4. The Kier molecular flexibility index (Phi) is 37.9. The van der Waals surface area contributed by atoms with Crippen molar-refractivity contribution in [2.45, 2.75) is 225 Å². The van der Waals surface area contributed by atoms with Crippen LogP contribution in [-0.4, -0.2) is 34.9 Å². The van der Waals surface area contributed by atoms with Gasteiger partial charge in [-0.2, -0.15) is 0 Å². The van der Waals surface area contributed by atoms with Gasteiger partial charge in [0.15, 0.2) is 0 Å². The topological polar surface area (TPSA) is 69.6 Å². The maximum absolute atomic E-state index is 12.3. The average molecular weight is 660 g/mol. The summed E-state index contributed by atoms with van der Waals surface area (Å²) >= 11 is 0. The first-order valence-electron chi connectivity index (χ1n) is 20.7. The maximum Gasteiger partial charge on any atom is 0.220 e. The lowest BCUT2D eigenvalue weighted by Crippen LogP contribution is -2.45. The van der Waals surface area contributed by atoms with Crippen molar-refractivity contribution < 1.29 is 15.0 Å². The van der Waals surface area contributed by atoms with E-state index < -0.39 is 12.1 Å². The summed E-state index contributed by atoms with van der Waals surface area (Å²) < 4.78 is 0. The minimum atomic E-state index is -0.860. The van der Waals surface area contributed by atoms with Crippen molar-refractivity contribution in [3.63, 3.8) is 0 Å². The number of carbonyl (C=O) groups excluding carboxylic acids is 1. The number of aliphatic hydroxyl groups excluding tert-OH is 2. The van der Waals surface area contributed by atoms with Gasteiger partial charge in [0, 0.05) is 6.42 Å². The van der Waals surface area contributed by atoms with Crippen molar-refractivity contribution in [1.29, 1.82) is 0 Å². The molecule has 0 aromatic heterocycles. The third-order valence-corrected chi connectivity index (χ3v) is 9.35. The van der Waals surface area contributed by atoms with Crippen molar-refractivity contribution in [1.82, 2.24) is 5.32 Å². The molecular weight excluding hydrogens is 578 g/mol. The van der Waals surface area contributed by atoms with Crippen molar-refractivity contribution in [2.75, 3.05) is 6.61 Å². The van der Waals surface area contributed by atoms with Crippen LogP contribution < -0.4 is 5.32 Å². The van der Waals surface area contributed by atoms with Gasteiger partial charge >= 0.3 is 0 Å². The lowest BCUT2D eigenvalue weighted by atomic mass is 10.0. The zero-order chi connectivity index (χ0) is 34.3. The monoisotopic (exact) mass is 660 g/mol. The van der Waals surface area contributed by atoms with E-state index in [4.69, 9.17) is 0 Å². The molecule has 0 aromatic rings. The number of rotatable bonds is 37. The van der Waals surface area contributed by atoms with Crippen molar-refractivity contribution >= 4 is 5.91 Å². The van der Waals surface area contributed by atoms with Crippen LogP contribution >= 0.6 is 0 Å². The van der Waals surface area contributed by atoms with Gasteiger partial charge in [-0.25, -0.2) is 0 Å². The Morgan fingerprint density at radius 2 is 0.830 bits per heavy atom. The van der Waals surface area contributed by atoms with E-state index in [2.05, 4.69) is 43.5 Å². The van der Waals surface area contributed by atoms with Gasteiger partial charge in [0.2, 0.25) is 5.91 Å². The van der Waals surface area contributed by atoms with Gasteiger partial charge < -0.3 is 15.5 Å². The standard InChI is InChI=1S/C43H81NO3/c1-3-5-7-9-11-13-15-16-17-18-19-20-21-22-23-24-25-26-27-29-31-33-35-37-39-43(47)44-41(40-45)42(46)38-36-34-32-30-28-14-12-10-8-6-4-2/h22-23,28,30,36,38,41-42,45-46H,3-21,24-27,29,31-35,37,39-40H2,1-2H3,(H,44,47)/b23-22-,30-28+,38-36+. The maximum atomic E-state index is 12.3. The second kappa shape index (κ2) is 39.1. The van der Waals surface area contributed by atoms with Crippen LogP contribution in [0.25, 0.3) is 0 Å². The summed E-state index contributed by atoms with van der Waals surface area (Å²) in [6.45, 7) is 4.27. The van der Waals surface area contributed by atoms with E-state index in [0.717, 1.165) is 32.1 Å². The van der Waals surface area contributed by atoms with Crippen molar-refractivity contribution in [2.24, 2.45) is 0 Å². The molecule has 0 rings (SSSR count). The lowest BCUT2D eigenvalue weighted by molar-refractivity contribution is -0.123. The Morgan fingerprint density at radius 3 is 1.23 bits per heavy atom. The molecule has 0 radical (unpaired) electrons. The molecule has 0 fully saturated rings. The number of amides is 1. The van der Waals surface area contributed by atoms with Crippen molar-refractivity contribution in [3.8, 4) is 0 Å². The predicted molar refractivity (Wildman–Crippen MR) is 207 cm³/mol. The van der Waals surface area contributed by atoms with E-state index in [1.807, 2.05) is 6.08 Å². The smallest absolute Gasteiger partial charge is 0.220 e. The number of hydrogen-bond donors (Lipinski definition) is 3. The van der Waals surface area contributed by atoms with E-state index in [1.54, 1.807) is 6.08 Å². The number of allylic oxidation sites excluding steroid dienone is 5. The Hall–Kier alpha value is -1.39. The molecule has 0 aliphatic rings. The first-order valence-corrected chi connectivity index (χ1v) is 20.7. The van der Waals surface area contributed by atoms with Gasteiger partial charge in [0.1, 0.15) is 0 Å². The molecule has 0 aromatic carbocycles. The fourth-order valence-corrected chi connectivity index (χ4v) is 6.13. The summed E-state index contributed by atoms with van der Waals surface area (Å²) in [4.78, 5) is 12.3. The highest BCUT2D eigenvalue weighted by Gasteiger charge is 2.17. The zero-order valence-corrected chi connectivity index (χ0v) is 31.5. The fraction of sp³-hybridized carbons (Fsp3) is 0.837. The van der Waals surface area contributed by atoms with Crippen molar-refractivity contribution in [3.05, 3.63) is 36.5 Å². The van der Waals surface area contributed by atoms with Crippen LogP contribution in [0.15, 0.2) is 36.5 Å². The first-order chi connectivity index (χ1) is 23.2. The third kappa shape index (κ3) is 35.7. The summed E-state index contributed by atoms with van der Waals surface area (Å²) in [6, 6.07) is -0.637. The largest absolute Gasteiger partial charge is 0.394 e. The van der Waals surface area contributed by atoms with Gasteiger partial charge in [-0.15, -0.1) is 0 Å². The van der Waals surface area contributed by atoms with Gasteiger partial charge in [0.05, 0.1) is 18.8 Å². The van der Waals surface area contributed by atoms with Crippen LogP contribution in [0, 0.1) is 0 Å². The van der Waals surface area contributed by atoms with E-state index in [9.17, 15) is 15.0 Å². The quantitative estimate of drug-likeness (QED) is 0.0459. The van der Waals surface area contributed by atoms with Gasteiger partial charge in [-0.3, -0.25) is 4.79 Å². The van der Waals surface area contributed by atoms with Gasteiger partial charge in [0.25, 0.3) is 0 Å². The minimum Gasteiger partial charge on any atom is -0.394 e. The molecular formula is C43H81NO3. The summed E-state index contributed by atoms with van der Waals surface area (Å²) in [5.41, 5.74) is 0. The lowest BCUT2D eigenvalue weighted by Gasteiger charge is -2.19. The van der Waals surface area contributed by atoms with E-state index >= 15 is 0 Å². The van der Waals surface area contributed by atoms with E-state index in [1.165, 1.54) is 161 Å². The Labute approximate surface area is 293 Å². The third-order valence-electron chi connectivity index (χ3n) is 9.35. The highest BCUT2D eigenvalue weighted by molar-refractivity contribution is 5.76. The Balaban J connectivity index is 3.55. The molecule has 2 unspecified atom stereocenters. The summed E-state index contributed by atoms with van der Waals surface area (Å²) in [6.07, 6.45) is 51.1. The highest BCUT2D eigenvalue weighted by Crippen LogP contribution is 2.14. The summed E-state index contributed by atoms with van der Waals surface area (Å²) in [5, 5.41) is 22.9. The van der Waals surface area contributed by atoms with Gasteiger partial charge in [-0.1, -0.05) is 185 Å². The van der Waals surface area contributed by atoms with Crippen LogP contribution in [0.1, 0.15) is 213 Å². The number of nitrogens with one attached hydrogen (secondary N) is 1. The molecule has 1 amide bonds. The zero-order valence-electron chi connectivity index (χ0n) is 31.5. The molecule has 2 atom stereocenters. The molecule has 47 heavy (non-hydrogen) atoms. The molecule has 4 heteroatoms.